The van der Waals surface area contributed by atoms with Gasteiger partial charge in [0.25, 0.3) is 5.91 Å². The molecule has 1 N–H and O–H groups in total. The summed E-state index contributed by atoms with van der Waals surface area (Å²) in [5.74, 6) is 4.84. The summed E-state index contributed by atoms with van der Waals surface area (Å²) < 4.78 is 2.01. The minimum atomic E-state index is -0.251. The van der Waals surface area contributed by atoms with E-state index in [1.165, 1.54) is 11.3 Å². The Balaban J connectivity index is 1.89. The molecule has 0 spiro atoms. The Hall–Kier alpha value is -2.54. The second-order valence-corrected chi connectivity index (χ2v) is 5.03. The first-order chi connectivity index (χ1) is 10.3. The molecule has 106 valence electrons. The molecule has 1 aromatic heterocycles. The van der Waals surface area contributed by atoms with Crippen LogP contribution >= 0.6 is 0 Å². The lowest BCUT2D eigenvalue weighted by Crippen LogP contribution is -2.21. The molecule has 0 unspecified atom stereocenters. The van der Waals surface area contributed by atoms with Crippen molar-refractivity contribution in [3.8, 4) is 17.5 Å². The smallest absolute Gasteiger partial charge is 0.296 e. The fourth-order valence-electron chi connectivity index (χ4n) is 2.76. The summed E-state index contributed by atoms with van der Waals surface area (Å²) in [6.07, 6.45) is 3.22. The van der Waals surface area contributed by atoms with Crippen molar-refractivity contribution >= 4 is 5.91 Å². The number of para-hydroxylation sites is 1. The van der Waals surface area contributed by atoms with Crippen LogP contribution in [-0.4, -0.2) is 15.7 Å². The number of carbonyl (C=O) groups is 1. The topological polar surface area (TPSA) is 46.9 Å². The number of nitrogens with zero attached hydrogens (tertiary/aromatic N) is 2. The fourth-order valence-corrected chi connectivity index (χ4v) is 2.76. The van der Waals surface area contributed by atoms with E-state index in [0.29, 0.717) is 6.54 Å². The molecule has 1 aliphatic rings. The summed E-state index contributed by atoms with van der Waals surface area (Å²) in [5, 5.41) is 7.49. The zero-order valence-corrected chi connectivity index (χ0v) is 12.0. The van der Waals surface area contributed by atoms with Gasteiger partial charge in [0.05, 0.1) is 17.9 Å². The molecule has 1 heterocycles. The quantitative estimate of drug-likeness (QED) is 0.874. The summed E-state index contributed by atoms with van der Waals surface area (Å²) in [6.45, 7) is 2.09. The zero-order valence-electron chi connectivity index (χ0n) is 12.0. The van der Waals surface area contributed by atoms with Gasteiger partial charge in [-0.25, -0.2) is 4.68 Å². The van der Waals surface area contributed by atoms with Crippen LogP contribution in [0.15, 0.2) is 30.3 Å². The summed E-state index contributed by atoms with van der Waals surface area (Å²) in [5.41, 5.74) is 4.58. The lowest BCUT2D eigenvalue weighted by Gasteiger charge is -2.04. The van der Waals surface area contributed by atoms with Crippen LogP contribution in [0.25, 0.3) is 5.69 Å². The number of rotatable bonds is 3. The standard InChI is InChI=1S/C17H17N3O/c1-2-7-17(21)18-12-15-14-10-6-11-16(14)20(19-15)13-8-4-3-5-9-13/h3-5,8-9H,6,10-12H2,1H3,(H,18,21). The van der Waals surface area contributed by atoms with E-state index < -0.39 is 0 Å². The molecule has 4 heteroatoms. The van der Waals surface area contributed by atoms with Crippen molar-refractivity contribution < 1.29 is 4.79 Å². The maximum Gasteiger partial charge on any atom is 0.296 e. The first-order valence-corrected chi connectivity index (χ1v) is 7.15. The maximum absolute atomic E-state index is 11.5. The van der Waals surface area contributed by atoms with E-state index >= 15 is 0 Å². The van der Waals surface area contributed by atoms with Crippen LogP contribution in [0.3, 0.4) is 0 Å². The van der Waals surface area contributed by atoms with Gasteiger partial charge in [-0.1, -0.05) is 24.1 Å². The number of carbonyl (C=O) groups excluding carboxylic acids is 1. The normalized spacial score (nSPS) is 12.4. The highest BCUT2D eigenvalue weighted by molar-refractivity contribution is 5.93. The van der Waals surface area contributed by atoms with E-state index in [-0.39, 0.29) is 5.91 Å². The van der Waals surface area contributed by atoms with Gasteiger partial charge in [-0.05, 0) is 49.8 Å². The Bertz CT molecular complexity index is 720. The molecular weight excluding hydrogens is 262 g/mol. The van der Waals surface area contributed by atoms with Gasteiger partial charge in [-0.2, -0.15) is 5.10 Å². The van der Waals surface area contributed by atoms with Crippen molar-refractivity contribution in [2.75, 3.05) is 0 Å². The summed E-state index contributed by atoms with van der Waals surface area (Å²) >= 11 is 0. The number of fused-ring (bicyclic) bond motifs is 1. The largest absolute Gasteiger partial charge is 0.340 e. The molecular formula is C17H17N3O. The first-order valence-electron chi connectivity index (χ1n) is 7.15. The number of aromatic nitrogens is 2. The molecule has 2 aromatic rings. The molecule has 1 aromatic carbocycles. The number of hydrogen-bond donors (Lipinski definition) is 1. The van der Waals surface area contributed by atoms with Gasteiger partial charge in [0.15, 0.2) is 0 Å². The highest BCUT2D eigenvalue weighted by atomic mass is 16.1. The van der Waals surface area contributed by atoms with Gasteiger partial charge < -0.3 is 5.32 Å². The summed E-state index contributed by atoms with van der Waals surface area (Å²) in [4.78, 5) is 11.5. The van der Waals surface area contributed by atoms with Crippen LogP contribution in [0.2, 0.25) is 0 Å². The van der Waals surface area contributed by atoms with Crippen LogP contribution in [0.5, 0.6) is 0 Å². The molecule has 21 heavy (non-hydrogen) atoms. The molecule has 1 amide bonds. The fraction of sp³-hybridized carbons (Fsp3) is 0.294. The van der Waals surface area contributed by atoms with Crippen molar-refractivity contribution in [2.24, 2.45) is 0 Å². The lowest BCUT2D eigenvalue weighted by atomic mass is 10.2. The van der Waals surface area contributed by atoms with Gasteiger partial charge in [0.1, 0.15) is 0 Å². The van der Waals surface area contributed by atoms with Crippen molar-refractivity contribution in [1.82, 2.24) is 15.1 Å². The van der Waals surface area contributed by atoms with Gasteiger partial charge in [-0.15, -0.1) is 0 Å². The van der Waals surface area contributed by atoms with Crippen LogP contribution in [0, 0.1) is 11.8 Å². The highest BCUT2D eigenvalue weighted by Gasteiger charge is 2.22. The number of hydrogen-bond acceptors (Lipinski definition) is 2. The predicted molar refractivity (Wildman–Crippen MR) is 80.9 cm³/mol. The molecule has 3 rings (SSSR count). The van der Waals surface area contributed by atoms with Gasteiger partial charge in [-0.3, -0.25) is 4.79 Å². The molecule has 0 fully saturated rings. The van der Waals surface area contributed by atoms with Crippen molar-refractivity contribution in [1.29, 1.82) is 0 Å². The second-order valence-electron chi connectivity index (χ2n) is 5.03. The molecule has 0 aliphatic heterocycles. The number of nitrogens with one attached hydrogen (secondary N) is 1. The SMILES string of the molecule is CC#CC(=O)NCc1nn(-c2ccccc2)c2c1CCC2. The molecule has 0 saturated heterocycles. The van der Waals surface area contributed by atoms with E-state index in [0.717, 1.165) is 30.6 Å². The predicted octanol–water partition coefficient (Wildman–Crippen LogP) is 2.00. The molecule has 0 saturated carbocycles. The zero-order chi connectivity index (χ0) is 14.7. The van der Waals surface area contributed by atoms with Crippen LogP contribution in [0.1, 0.15) is 30.3 Å². The summed E-state index contributed by atoms with van der Waals surface area (Å²) in [6, 6.07) is 10.1. The van der Waals surface area contributed by atoms with Crippen LogP contribution in [-0.2, 0) is 24.2 Å². The third kappa shape index (κ3) is 2.68. The molecule has 0 atom stereocenters. The van der Waals surface area contributed by atoms with Crippen LogP contribution < -0.4 is 5.32 Å². The molecule has 4 nitrogen and oxygen atoms in total. The minimum absolute atomic E-state index is 0.251. The van der Waals surface area contributed by atoms with Crippen LogP contribution in [0.4, 0.5) is 0 Å². The number of benzene rings is 1. The number of amides is 1. The maximum atomic E-state index is 11.5. The van der Waals surface area contributed by atoms with E-state index in [1.54, 1.807) is 6.92 Å². The Morgan fingerprint density at radius 1 is 1.33 bits per heavy atom. The third-order valence-corrected chi connectivity index (χ3v) is 3.67. The molecule has 1 aliphatic carbocycles. The Labute approximate surface area is 124 Å². The van der Waals surface area contributed by atoms with E-state index in [9.17, 15) is 4.79 Å². The average molecular weight is 279 g/mol. The average Bonchev–Trinajstić information content (AvgIpc) is 3.09. The highest BCUT2D eigenvalue weighted by Crippen LogP contribution is 2.27. The Morgan fingerprint density at radius 2 is 2.14 bits per heavy atom. The summed E-state index contributed by atoms with van der Waals surface area (Å²) in [7, 11) is 0. The Kier molecular flexibility index (Phi) is 3.74. The molecule has 0 bridgehead atoms. The van der Waals surface area contributed by atoms with Crippen molar-refractivity contribution in [3.05, 3.63) is 47.3 Å². The van der Waals surface area contributed by atoms with Gasteiger partial charge in [0, 0.05) is 5.69 Å². The Morgan fingerprint density at radius 3 is 2.90 bits per heavy atom. The monoisotopic (exact) mass is 279 g/mol. The lowest BCUT2D eigenvalue weighted by molar-refractivity contribution is -0.115. The van der Waals surface area contributed by atoms with Crippen molar-refractivity contribution in [2.45, 2.75) is 32.7 Å². The van der Waals surface area contributed by atoms with Crippen molar-refractivity contribution in [3.63, 3.8) is 0 Å². The molecule has 0 radical (unpaired) electrons. The van der Waals surface area contributed by atoms with E-state index in [1.807, 2.05) is 22.9 Å². The van der Waals surface area contributed by atoms with E-state index in [4.69, 9.17) is 0 Å². The van der Waals surface area contributed by atoms with Gasteiger partial charge >= 0.3 is 0 Å². The minimum Gasteiger partial charge on any atom is -0.340 e. The third-order valence-electron chi connectivity index (χ3n) is 3.67. The second kappa shape index (κ2) is 5.84. The van der Waals surface area contributed by atoms with Gasteiger partial charge in [0.2, 0.25) is 0 Å². The van der Waals surface area contributed by atoms with E-state index in [2.05, 4.69) is 34.4 Å². The first kappa shape index (κ1) is 13.4.